The van der Waals surface area contributed by atoms with Crippen LogP contribution < -0.4 is 5.32 Å². The molecule has 3 heteroatoms. The third-order valence-corrected chi connectivity index (χ3v) is 4.00. The summed E-state index contributed by atoms with van der Waals surface area (Å²) in [4.78, 5) is 8.89. The average Bonchev–Trinajstić information content (AvgIpc) is 2.44. The van der Waals surface area contributed by atoms with Gasteiger partial charge in [0.1, 0.15) is 5.69 Å². The summed E-state index contributed by atoms with van der Waals surface area (Å²) >= 11 is 0. The molecule has 3 rings (SSSR count). The molecule has 0 radical (unpaired) electrons. The molecule has 0 amide bonds. The van der Waals surface area contributed by atoms with E-state index in [4.69, 9.17) is 0 Å². The van der Waals surface area contributed by atoms with Crippen LogP contribution in [-0.4, -0.2) is 16.5 Å². The molecule has 1 saturated carbocycles. The highest BCUT2D eigenvalue weighted by atomic mass is 15.0. The monoisotopic (exact) mass is 267 g/mol. The Kier molecular flexibility index (Phi) is 3.95. The molecule has 0 unspecified atom stereocenters. The topological polar surface area (TPSA) is 37.8 Å². The quantitative estimate of drug-likeness (QED) is 0.880. The van der Waals surface area contributed by atoms with Crippen LogP contribution in [0.3, 0.4) is 0 Å². The zero-order valence-electron chi connectivity index (χ0n) is 12.0. The third kappa shape index (κ3) is 2.67. The lowest BCUT2D eigenvalue weighted by Crippen LogP contribution is -2.08. The Morgan fingerprint density at radius 2 is 1.85 bits per heavy atom. The molecule has 1 fully saturated rings. The first-order valence-corrected chi connectivity index (χ1v) is 7.53. The van der Waals surface area contributed by atoms with Gasteiger partial charge in [-0.25, -0.2) is 4.98 Å². The summed E-state index contributed by atoms with van der Waals surface area (Å²) in [5.41, 5.74) is 3.55. The first-order valence-electron chi connectivity index (χ1n) is 7.53. The number of hydrogen-bond donors (Lipinski definition) is 1. The second-order valence-electron chi connectivity index (χ2n) is 5.43. The van der Waals surface area contributed by atoms with Crippen LogP contribution in [0.2, 0.25) is 0 Å². The molecule has 0 bridgehead atoms. The van der Waals surface area contributed by atoms with Crippen molar-refractivity contribution in [1.29, 1.82) is 0 Å². The predicted molar refractivity (Wildman–Crippen MR) is 82.8 cm³/mol. The maximum absolute atomic E-state index is 4.49. The van der Waals surface area contributed by atoms with Gasteiger partial charge in [0.05, 0.1) is 0 Å². The van der Waals surface area contributed by atoms with Crippen LogP contribution in [0.4, 0.5) is 5.82 Å². The Balaban J connectivity index is 1.84. The van der Waals surface area contributed by atoms with Gasteiger partial charge >= 0.3 is 0 Å². The smallest absolute Gasteiger partial charge is 0.152 e. The molecule has 1 aliphatic rings. The van der Waals surface area contributed by atoms with Crippen LogP contribution in [0.15, 0.2) is 36.7 Å². The Morgan fingerprint density at radius 3 is 2.50 bits per heavy atom. The number of aromatic nitrogens is 2. The highest BCUT2D eigenvalue weighted by molar-refractivity contribution is 5.71. The van der Waals surface area contributed by atoms with Gasteiger partial charge in [0.25, 0.3) is 0 Å². The zero-order chi connectivity index (χ0) is 13.8. The van der Waals surface area contributed by atoms with Gasteiger partial charge in [-0.15, -0.1) is 0 Å². The van der Waals surface area contributed by atoms with E-state index in [0.717, 1.165) is 36.0 Å². The lowest BCUT2D eigenvalue weighted by Gasteiger charge is -2.25. The maximum atomic E-state index is 4.49. The van der Waals surface area contributed by atoms with Crippen molar-refractivity contribution < 1.29 is 0 Å². The largest absolute Gasteiger partial charge is 0.368 e. The molecule has 104 valence electrons. The fourth-order valence-corrected chi connectivity index (χ4v) is 2.58. The number of nitrogens with zero attached hydrogens (tertiary/aromatic N) is 2. The molecule has 1 heterocycles. The average molecular weight is 267 g/mol. The van der Waals surface area contributed by atoms with E-state index in [1.807, 2.05) is 0 Å². The van der Waals surface area contributed by atoms with E-state index in [-0.39, 0.29) is 0 Å². The Morgan fingerprint density at radius 1 is 1.10 bits per heavy atom. The second kappa shape index (κ2) is 6.04. The van der Waals surface area contributed by atoms with Gasteiger partial charge in [-0.2, -0.15) is 0 Å². The Hall–Kier alpha value is -1.90. The summed E-state index contributed by atoms with van der Waals surface area (Å²) in [5, 5.41) is 3.35. The van der Waals surface area contributed by atoms with E-state index in [2.05, 4.69) is 46.5 Å². The minimum Gasteiger partial charge on any atom is -0.368 e. The minimum absolute atomic E-state index is 0.781. The van der Waals surface area contributed by atoms with Crippen molar-refractivity contribution in [3.63, 3.8) is 0 Å². The van der Waals surface area contributed by atoms with Gasteiger partial charge < -0.3 is 5.32 Å². The fraction of sp³-hybridized carbons (Fsp3) is 0.412. The van der Waals surface area contributed by atoms with Gasteiger partial charge in [0, 0.05) is 24.5 Å². The summed E-state index contributed by atoms with van der Waals surface area (Å²) in [6, 6.07) is 8.85. The lowest BCUT2D eigenvalue weighted by molar-refractivity contribution is 0.420. The van der Waals surface area contributed by atoms with E-state index in [9.17, 15) is 0 Å². The van der Waals surface area contributed by atoms with Crippen LogP contribution in [-0.2, 0) is 0 Å². The summed E-state index contributed by atoms with van der Waals surface area (Å²) < 4.78 is 0. The highest BCUT2D eigenvalue weighted by Crippen LogP contribution is 2.37. The molecule has 2 aromatic rings. The highest BCUT2D eigenvalue weighted by Gasteiger charge is 2.19. The van der Waals surface area contributed by atoms with Gasteiger partial charge in [-0.1, -0.05) is 37.6 Å². The van der Waals surface area contributed by atoms with Gasteiger partial charge in [-0.3, -0.25) is 4.98 Å². The molecule has 1 N–H and O–H groups in total. The van der Waals surface area contributed by atoms with Crippen molar-refractivity contribution in [2.45, 2.75) is 38.5 Å². The van der Waals surface area contributed by atoms with E-state index in [1.54, 1.807) is 12.4 Å². The van der Waals surface area contributed by atoms with Crippen LogP contribution in [0.25, 0.3) is 11.3 Å². The lowest BCUT2D eigenvalue weighted by atomic mass is 9.80. The van der Waals surface area contributed by atoms with Crippen molar-refractivity contribution in [3.05, 3.63) is 42.2 Å². The molecule has 1 aromatic heterocycles. The minimum atomic E-state index is 0.781. The zero-order valence-corrected chi connectivity index (χ0v) is 12.0. The summed E-state index contributed by atoms with van der Waals surface area (Å²) in [6.07, 6.45) is 8.64. The molecule has 0 spiro atoms. The molecule has 0 atom stereocenters. The number of nitrogens with one attached hydrogen (secondary N) is 1. The number of hydrogen-bond acceptors (Lipinski definition) is 3. The van der Waals surface area contributed by atoms with Crippen LogP contribution >= 0.6 is 0 Å². The molecule has 0 aliphatic heterocycles. The van der Waals surface area contributed by atoms with Crippen molar-refractivity contribution in [2.75, 3.05) is 11.9 Å². The molecule has 1 aliphatic carbocycles. The first-order chi connectivity index (χ1) is 9.88. The Labute approximate surface area is 120 Å². The van der Waals surface area contributed by atoms with Crippen molar-refractivity contribution >= 4 is 5.82 Å². The Bertz CT molecular complexity index is 559. The summed E-state index contributed by atoms with van der Waals surface area (Å²) in [5.74, 6) is 1.66. The number of rotatable bonds is 5. The molecular formula is C17H21N3. The van der Waals surface area contributed by atoms with E-state index < -0.39 is 0 Å². The first kappa shape index (κ1) is 13.1. The summed E-state index contributed by atoms with van der Waals surface area (Å²) in [6.45, 7) is 3.07. The maximum Gasteiger partial charge on any atom is 0.152 e. The molecule has 0 saturated heterocycles. The normalized spacial score (nSPS) is 14.8. The number of benzene rings is 1. The number of anilines is 1. The predicted octanol–water partition coefficient (Wildman–Crippen LogP) is 4.23. The SMILES string of the molecule is CCCNc1nccnc1-c1ccc(C2CCC2)cc1. The van der Waals surface area contributed by atoms with Gasteiger partial charge in [0.2, 0.25) is 0 Å². The van der Waals surface area contributed by atoms with Crippen molar-refractivity contribution in [1.82, 2.24) is 9.97 Å². The van der Waals surface area contributed by atoms with Crippen molar-refractivity contribution in [3.8, 4) is 11.3 Å². The standard InChI is InChI=1S/C17H21N3/c1-2-10-19-17-16(18-11-12-20-17)15-8-6-14(7-9-15)13-4-3-5-13/h6-9,11-13H,2-5,10H2,1H3,(H,19,20). The second-order valence-corrected chi connectivity index (χ2v) is 5.43. The molecular weight excluding hydrogens is 246 g/mol. The van der Waals surface area contributed by atoms with Crippen LogP contribution in [0, 0.1) is 0 Å². The molecule has 20 heavy (non-hydrogen) atoms. The van der Waals surface area contributed by atoms with E-state index >= 15 is 0 Å². The van der Waals surface area contributed by atoms with E-state index in [0.29, 0.717) is 0 Å². The molecule has 3 nitrogen and oxygen atoms in total. The van der Waals surface area contributed by atoms with E-state index in [1.165, 1.54) is 24.8 Å². The van der Waals surface area contributed by atoms with Gasteiger partial charge in [0.15, 0.2) is 5.82 Å². The van der Waals surface area contributed by atoms with Crippen molar-refractivity contribution in [2.24, 2.45) is 0 Å². The van der Waals surface area contributed by atoms with Crippen LogP contribution in [0.5, 0.6) is 0 Å². The van der Waals surface area contributed by atoms with Gasteiger partial charge in [-0.05, 0) is 30.7 Å². The third-order valence-electron chi connectivity index (χ3n) is 4.00. The molecule has 1 aromatic carbocycles. The fourth-order valence-electron chi connectivity index (χ4n) is 2.58. The summed E-state index contributed by atoms with van der Waals surface area (Å²) in [7, 11) is 0. The van der Waals surface area contributed by atoms with Crippen LogP contribution in [0.1, 0.15) is 44.1 Å².